The van der Waals surface area contributed by atoms with Gasteiger partial charge in [-0.05, 0) is 116 Å². The molecule has 312 valence electrons. The predicted molar refractivity (Wildman–Crippen MR) is 233 cm³/mol. The fourth-order valence-corrected chi connectivity index (χ4v) is 12.5. The number of allylic oxidation sites excluding steroid dienone is 1. The van der Waals surface area contributed by atoms with Gasteiger partial charge in [0.2, 0.25) is 0 Å². The predicted octanol–water partition coefficient (Wildman–Crippen LogP) is 15.8. The molecule has 53 heavy (non-hydrogen) atoms. The van der Waals surface area contributed by atoms with Gasteiger partial charge < -0.3 is 10.2 Å². The van der Waals surface area contributed by atoms with Gasteiger partial charge in [-0.2, -0.15) is 0 Å². The van der Waals surface area contributed by atoms with Crippen molar-refractivity contribution in [3.8, 4) is 0 Å². The lowest BCUT2D eigenvalue weighted by atomic mass is 9.47. The molecule has 2 nitrogen and oxygen atoms in total. The van der Waals surface area contributed by atoms with Crippen LogP contribution in [0.25, 0.3) is 0 Å². The zero-order chi connectivity index (χ0) is 38.5. The Labute approximate surface area is 333 Å². The Morgan fingerprint density at radius 3 is 1.70 bits per heavy atom. The van der Waals surface area contributed by atoms with Crippen LogP contribution in [0.2, 0.25) is 0 Å². The number of aliphatic hydroxyl groups is 2. The molecule has 3 saturated carbocycles. The molecule has 0 aliphatic heterocycles. The third kappa shape index (κ3) is 15.2. The lowest BCUT2D eigenvalue weighted by Gasteiger charge is -2.58. The van der Waals surface area contributed by atoms with Crippen molar-refractivity contribution in [2.75, 3.05) is 6.61 Å². The summed E-state index contributed by atoms with van der Waals surface area (Å²) >= 11 is 0. The molecule has 4 rings (SSSR count). The van der Waals surface area contributed by atoms with Crippen molar-refractivity contribution in [3.05, 3.63) is 11.6 Å². The molecule has 0 aromatic rings. The molecular formula is C51H96O2. The standard InChI is InChI=1S/C27H46O.C24H50O/c1-18(2)7-6-8-19(3)23-11-12-24-22-10-9-20-17-21(28)13-15-26(20,4)25(22)14-16-27(23,24)5;1-3-5-7-9-11-13-14-16-18-20-22-24(23-25)21-19-17-15-12-10-8-6-4-2/h9,18-19,21-25,28H,6-8,10-17H2,1-5H3;24-25H,3-23H2,1-2H3/t19?,21-,22-,23+,24-,25-,26-,27+;/m0./s1. The number of aliphatic hydroxyl groups excluding tert-OH is 2. The molecule has 4 aliphatic rings. The summed E-state index contributed by atoms with van der Waals surface area (Å²) in [5, 5.41) is 19.8. The Balaban J connectivity index is 0.000000288. The van der Waals surface area contributed by atoms with Crippen molar-refractivity contribution in [1.29, 1.82) is 0 Å². The van der Waals surface area contributed by atoms with Crippen LogP contribution in [0.3, 0.4) is 0 Å². The van der Waals surface area contributed by atoms with Gasteiger partial charge >= 0.3 is 0 Å². The Bertz CT molecular complexity index is 954. The molecule has 4 aliphatic carbocycles. The van der Waals surface area contributed by atoms with E-state index >= 15 is 0 Å². The van der Waals surface area contributed by atoms with E-state index in [-0.39, 0.29) is 6.10 Å². The number of unbranched alkanes of at least 4 members (excludes halogenated alkanes) is 16. The maximum atomic E-state index is 10.2. The van der Waals surface area contributed by atoms with E-state index in [1.54, 1.807) is 5.57 Å². The first-order valence-electron chi connectivity index (χ1n) is 24.6. The van der Waals surface area contributed by atoms with Gasteiger partial charge in [-0.25, -0.2) is 0 Å². The van der Waals surface area contributed by atoms with Gasteiger partial charge in [0, 0.05) is 6.61 Å². The van der Waals surface area contributed by atoms with Gasteiger partial charge in [0.1, 0.15) is 0 Å². The fraction of sp³-hybridized carbons (Fsp3) is 0.961. The molecule has 0 radical (unpaired) electrons. The van der Waals surface area contributed by atoms with E-state index in [1.165, 1.54) is 186 Å². The molecule has 0 bridgehead atoms. The van der Waals surface area contributed by atoms with Gasteiger partial charge in [-0.1, -0.05) is 195 Å². The Hall–Kier alpha value is -0.340. The number of fused-ring (bicyclic) bond motifs is 5. The minimum Gasteiger partial charge on any atom is -0.396 e. The molecule has 0 saturated heterocycles. The highest BCUT2D eigenvalue weighted by Crippen LogP contribution is 2.67. The topological polar surface area (TPSA) is 40.5 Å². The quantitative estimate of drug-likeness (QED) is 0.0685. The normalized spacial score (nSPS) is 30.5. The van der Waals surface area contributed by atoms with Crippen LogP contribution in [0.4, 0.5) is 0 Å². The number of hydrogen-bond acceptors (Lipinski definition) is 2. The summed E-state index contributed by atoms with van der Waals surface area (Å²) in [7, 11) is 0. The number of rotatable bonds is 26. The van der Waals surface area contributed by atoms with Crippen LogP contribution in [-0.4, -0.2) is 22.9 Å². The minimum absolute atomic E-state index is 0.0766. The molecule has 2 unspecified atom stereocenters. The smallest absolute Gasteiger partial charge is 0.0577 e. The van der Waals surface area contributed by atoms with Crippen LogP contribution >= 0.6 is 0 Å². The molecule has 3 fully saturated rings. The average Bonchev–Trinajstić information content (AvgIpc) is 3.50. The Kier molecular flexibility index (Phi) is 22.9. The van der Waals surface area contributed by atoms with Crippen molar-refractivity contribution in [3.63, 3.8) is 0 Å². The van der Waals surface area contributed by atoms with Gasteiger partial charge in [0.25, 0.3) is 0 Å². The van der Waals surface area contributed by atoms with E-state index in [0.717, 1.165) is 48.3 Å². The third-order valence-corrected chi connectivity index (χ3v) is 16.0. The van der Waals surface area contributed by atoms with E-state index in [1.807, 2.05) is 0 Å². The van der Waals surface area contributed by atoms with Crippen molar-refractivity contribution >= 4 is 0 Å². The molecule has 0 aromatic heterocycles. The highest BCUT2D eigenvalue weighted by Gasteiger charge is 2.59. The van der Waals surface area contributed by atoms with Crippen LogP contribution in [-0.2, 0) is 0 Å². The van der Waals surface area contributed by atoms with Crippen molar-refractivity contribution in [1.82, 2.24) is 0 Å². The van der Waals surface area contributed by atoms with Crippen LogP contribution < -0.4 is 0 Å². The SMILES string of the molecule is CC(C)CCCC(C)[C@H]1CC[C@H]2[C@@H]3CC=C4C[C@@H](O)CC[C@]4(C)[C@H]3CC[C@]12C.CCCCCCCCCCCCC(CO)CCCCCCCCCC. The zero-order valence-electron chi connectivity index (χ0n) is 37.2. The molecule has 0 heterocycles. The summed E-state index contributed by atoms with van der Waals surface area (Å²) in [5.74, 6) is 6.04. The molecular weight excluding hydrogens is 645 g/mol. The van der Waals surface area contributed by atoms with Gasteiger partial charge in [-0.3, -0.25) is 0 Å². The summed E-state index contributed by atoms with van der Waals surface area (Å²) in [6.45, 7) is 17.5. The monoisotopic (exact) mass is 741 g/mol. The molecule has 0 spiro atoms. The summed E-state index contributed by atoms with van der Waals surface area (Å²) in [6, 6.07) is 0. The van der Waals surface area contributed by atoms with E-state index in [4.69, 9.17) is 0 Å². The van der Waals surface area contributed by atoms with E-state index in [0.29, 0.717) is 23.4 Å². The summed E-state index contributed by atoms with van der Waals surface area (Å²) in [4.78, 5) is 0. The van der Waals surface area contributed by atoms with E-state index in [2.05, 4.69) is 54.5 Å². The van der Waals surface area contributed by atoms with E-state index in [9.17, 15) is 10.2 Å². The number of hydrogen-bond donors (Lipinski definition) is 2. The lowest BCUT2D eigenvalue weighted by Crippen LogP contribution is -2.50. The molecule has 2 heteroatoms. The Morgan fingerprint density at radius 1 is 0.623 bits per heavy atom. The average molecular weight is 741 g/mol. The Morgan fingerprint density at radius 2 is 1.17 bits per heavy atom. The zero-order valence-corrected chi connectivity index (χ0v) is 37.2. The lowest BCUT2D eigenvalue weighted by molar-refractivity contribution is -0.0573. The van der Waals surface area contributed by atoms with Crippen LogP contribution in [0.1, 0.15) is 248 Å². The molecule has 0 amide bonds. The first-order valence-corrected chi connectivity index (χ1v) is 24.6. The highest BCUT2D eigenvalue weighted by atomic mass is 16.3. The molecule has 0 aromatic carbocycles. The fourth-order valence-electron chi connectivity index (χ4n) is 12.5. The summed E-state index contributed by atoms with van der Waals surface area (Å²) < 4.78 is 0. The largest absolute Gasteiger partial charge is 0.396 e. The van der Waals surface area contributed by atoms with Crippen LogP contribution in [0, 0.1) is 52.3 Å². The first kappa shape index (κ1) is 47.0. The van der Waals surface area contributed by atoms with E-state index < -0.39 is 0 Å². The first-order chi connectivity index (χ1) is 25.6. The third-order valence-electron chi connectivity index (χ3n) is 16.0. The molecule has 2 N–H and O–H groups in total. The minimum atomic E-state index is -0.0766. The second kappa shape index (κ2) is 25.8. The van der Waals surface area contributed by atoms with Crippen molar-refractivity contribution in [2.24, 2.45) is 52.3 Å². The van der Waals surface area contributed by atoms with Crippen LogP contribution in [0.5, 0.6) is 0 Å². The summed E-state index contributed by atoms with van der Waals surface area (Å²) in [5.41, 5.74) is 2.60. The summed E-state index contributed by atoms with van der Waals surface area (Å²) in [6.07, 6.45) is 44.9. The second-order valence-electron chi connectivity index (χ2n) is 20.5. The highest BCUT2D eigenvalue weighted by molar-refractivity contribution is 5.25. The second-order valence-corrected chi connectivity index (χ2v) is 20.5. The maximum absolute atomic E-state index is 10.2. The van der Waals surface area contributed by atoms with Crippen LogP contribution in [0.15, 0.2) is 11.6 Å². The van der Waals surface area contributed by atoms with Gasteiger partial charge in [0.15, 0.2) is 0 Å². The maximum Gasteiger partial charge on any atom is 0.0577 e. The van der Waals surface area contributed by atoms with Crippen molar-refractivity contribution < 1.29 is 10.2 Å². The van der Waals surface area contributed by atoms with Crippen molar-refractivity contribution in [2.45, 2.75) is 254 Å². The van der Waals surface area contributed by atoms with Gasteiger partial charge in [0.05, 0.1) is 6.10 Å². The van der Waals surface area contributed by atoms with Gasteiger partial charge in [-0.15, -0.1) is 0 Å². The molecule has 9 atom stereocenters.